The number of thiazole rings is 1. The summed E-state index contributed by atoms with van der Waals surface area (Å²) in [5.41, 5.74) is 2.50. The molecule has 0 amide bonds. The summed E-state index contributed by atoms with van der Waals surface area (Å²) in [6.45, 7) is 2.26. The summed E-state index contributed by atoms with van der Waals surface area (Å²) in [4.78, 5) is 4.41. The van der Waals surface area contributed by atoms with E-state index in [2.05, 4.69) is 4.98 Å². The fourth-order valence-corrected chi connectivity index (χ4v) is 2.23. The molecule has 0 aliphatic heterocycles. The van der Waals surface area contributed by atoms with Gasteiger partial charge in [-0.05, 0) is 30.7 Å². The molecule has 1 heterocycles. The molecule has 0 N–H and O–H groups in total. The normalized spacial score (nSPS) is 10.7. The molecule has 0 saturated heterocycles. The van der Waals surface area contributed by atoms with Crippen molar-refractivity contribution in [1.29, 1.82) is 0 Å². The molecule has 0 saturated carbocycles. The minimum absolute atomic E-state index is 0.183. The Kier molecular flexibility index (Phi) is 3.31. The summed E-state index contributed by atoms with van der Waals surface area (Å²) in [5, 5.41) is 2.85. The fraction of sp³-hybridized carbons (Fsp3) is 0.250. The van der Waals surface area contributed by atoms with E-state index in [4.69, 9.17) is 4.74 Å². The van der Waals surface area contributed by atoms with Crippen LogP contribution in [0.3, 0.4) is 0 Å². The molecule has 0 spiro atoms. The maximum atomic E-state index is 13.1. The zero-order chi connectivity index (χ0) is 11.5. The van der Waals surface area contributed by atoms with E-state index in [1.54, 1.807) is 31.4 Å². The number of hydrogen-bond acceptors (Lipinski definition) is 3. The van der Waals surface area contributed by atoms with E-state index < -0.39 is 0 Å². The predicted molar refractivity (Wildman–Crippen MR) is 63.0 cm³/mol. The van der Waals surface area contributed by atoms with Gasteiger partial charge in [0.05, 0.1) is 12.3 Å². The number of hydrogen-bond donors (Lipinski definition) is 0. The van der Waals surface area contributed by atoms with Crippen molar-refractivity contribution in [2.45, 2.75) is 13.5 Å². The highest BCUT2D eigenvalue weighted by Gasteiger charge is 2.06. The molecule has 0 atom stereocenters. The third-order valence-electron chi connectivity index (χ3n) is 2.25. The summed E-state index contributed by atoms with van der Waals surface area (Å²) in [7, 11) is 1.64. The van der Waals surface area contributed by atoms with Crippen LogP contribution < -0.4 is 0 Å². The average Bonchev–Trinajstić information content (AvgIpc) is 2.71. The van der Waals surface area contributed by atoms with Crippen molar-refractivity contribution in [2.24, 2.45) is 0 Å². The Morgan fingerprint density at radius 1 is 1.44 bits per heavy atom. The Labute approximate surface area is 97.7 Å². The zero-order valence-corrected chi connectivity index (χ0v) is 9.97. The first kappa shape index (κ1) is 11.2. The summed E-state index contributed by atoms with van der Waals surface area (Å²) < 4.78 is 18.1. The Morgan fingerprint density at radius 2 is 2.25 bits per heavy atom. The molecule has 84 valence electrons. The highest BCUT2D eigenvalue weighted by Crippen LogP contribution is 2.25. The third-order valence-corrected chi connectivity index (χ3v) is 3.19. The van der Waals surface area contributed by atoms with E-state index in [9.17, 15) is 4.39 Å². The molecule has 2 rings (SSSR count). The summed E-state index contributed by atoms with van der Waals surface area (Å²) in [5.74, 6) is -0.183. The standard InChI is InChI=1S/C12H12FNOS/c1-8-5-9(3-4-11(8)13)12-14-10(6-15-2)7-16-12/h3-5,7H,6H2,1-2H3. The van der Waals surface area contributed by atoms with Gasteiger partial charge in [0.2, 0.25) is 0 Å². The second-order valence-electron chi connectivity index (χ2n) is 3.54. The van der Waals surface area contributed by atoms with E-state index in [0.29, 0.717) is 12.2 Å². The monoisotopic (exact) mass is 237 g/mol. The predicted octanol–water partition coefficient (Wildman–Crippen LogP) is 3.40. The molecular formula is C12H12FNOS. The Hall–Kier alpha value is -1.26. The zero-order valence-electron chi connectivity index (χ0n) is 9.16. The van der Waals surface area contributed by atoms with E-state index >= 15 is 0 Å². The summed E-state index contributed by atoms with van der Waals surface area (Å²) >= 11 is 1.54. The van der Waals surface area contributed by atoms with Gasteiger partial charge >= 0.3 is 0 Å². The quantitative estimate of drug-likeness (QED) is 0.816. The van der Waals surface area contributed by atoms with Crippen molar-refractivity contribution in [1.82, 2.24) is 4.98 Å². The topological polar surface area (TPSA) is 22.1 Å². The lowest BCUT2D eigenvalue weighted by molar-refractivity contribution is 0.182. The van der Waals surface area contributed by atoms with Gasteiger partial charge in [0.25, 0.3) is 0 Å². The van der Waals surface area contributed by atoms with Crippen molar-refractivity contribution < 1.29 is 9.13 Å². The first-order chi connectivity index (χ1) is 7.70. The second kappa shape index (κ2) is 4.72. The van der Waals surface area contributed by atoms with Gasteiger partial charge in [-0.1, -0.05) is 0 Å². The third kappa shape index (κ3) is 2.28. The smallest absolute Gasteiger partial charge is 0.126 e. The molecule has 4 heteroatoms. The Morgan fingerprint density at radius 3 is 2.94 bits per heavy atom. The number of nitrogens with zero attached hydrogens (tertiary/aromatic N) is 1. The minimum Gasteiger partial charge on any atom is -0.378 e. The van der Waals surface area contributed by atoms with E-state index in [1.807, 2.05) is 11.4 Å². The Bertz CT molecular complexity index is 496. The Balaban J connectivity index is 2.31. The molecule has 1 aromatic carbocycles. The molecule has 0 aliphatic rings. The molecule has 0 radical (unpaired) electrons. The maximum Gasteiger partial charge on any atom is 0.126 e. The first-order valence-corrected chi connectivity index (χ1v) is 5.78. The lowest BCUT2D eigenvalue weighted by Gasteiger charge is -1.99. The fourth-order valence-electron chi connectivity index (χ4n) is 1.43. The highest BCUT2D eigenvalue weighted by molar-refractivity contribution is 7.13. The second-order valence-corrected chi connectivity index (χ2v) is 4.40. The maximum absolute atomic E-state index is 13.1. The minimum atomic E-state index is -0.183. The summed E-state index contributed by atoms with van der Waals surface area (Å²) in [6, 6.07) is 5.03. The number of ether oxygens (including phenoxy) is 1. The molecular weight excluding hydrogens is 225 g/mol. The van der Waals surface area contributed by atoms with Gasteiger partial charge in [-0.15, -0.1) is 11.3 Å². The van der Waals surface area contributed by atoms with Gasteiger partial charge in [-0.2, -0.15) is 0 Å². The van der Waals surface area contributed by atoms with E-state index in [-0.39, 0.29) is 5.82 Å². The van der Waals surface area contributed by atoms with Gasteiger partial charge in [0.1, 0.15) is 10.8 Å². The van der Waals surface area contributed by atoms with Crippen LogP contribution in [0.15, 0.2) is 23.6 Å². The van der Waals surface area contributed by atoms with Crippen LogP contribution in [-0.2, 0) is 11.3 Å². The molecule has 16 heavy (non-hydrogen) atoms. The number of benzene rings is 1. The van der Waals surface area contributed by atoms with Crippen LogP contribution in [0.25, 0.3) is 10.6 Å². The SMILES string of the molecule is COCc1csc(-c2ccc(F)c(C)c2)n1. The molecule has 0 fully saturated rings. The first-order valence-electron chi connectivity index (χ1n) is 4.90. The number of aromatic nitrogens is 1. The van der Waals surface area contributed by atoms with Gasteiger partial charge in [-0.25, -0.2) is 9.37 Å². The number of methoxy groups -OCH3 is 1. The lowest BCUT2D eigenvalue weighted by Crippen LogP contribution is -1.88. The van der Waals surface area contributed by atoms with Crippen LogP contribution in [0.4, 0.5) is 4.39 Å². The van der Waals surface area contributed by atoms with Gasteiger partial charge < -0.3 is 4.74 Å². The molecule has 1 aromatic heterocycles. The van der Waals surface area contributed by atoms with Crippen LogP contribution in [-0.4, -0.2) is 12.1 Å². The lowest BCUT2D eigenvalue weighted by atomic mass is 10.1. The molecule has 2 nitrogen and oxygen atoms in total. The molecule has 0 unspecified atom stereocenters. The van der Waals surface area contributed by atoms with Gasteiger partial charge in [0, 0.05) is 18.1 Å². The molecule has 2 aromatic rings. The number of aryl methyl sites for hydroxylation is 1. The van der Waals surface area contributed by atoms with Crippen molar-refractivity contribution in [2.75, 3.05) is 7.11 Å². The van der Waals surface area contributed by atoms with Crippen LogP contribution in [0.1, 0.15) is 11.3 Å². The van der Waals surface area contributed by atoms with Crippen LogP contribution >= 0.6 is 11.3 Å². The van der Waals surface area contributed by atoms with Crippen LogP contribution in [0.2, 0.25) is 0 Å². The van der Waals surface area contributed by atoms with E-state index in [1.165, 1.54) is 6.07 Å². The molecule has 0 bridgehead atoms. The summed E-state index contributed by atoms with van der Waals surface area (Å²) in [6.07, 6.45) is 0. The molecule has 0 aliphatic carbocycles. The van der Waals surface area contributed by atoms with Crippen molar-refractivity contribution >= 4 is 11.3 Å². The number of rotatable bonds is 3. The van der Waals surface area contributed by atoms with Crippen molar-refractivity contribution in [3.8, 4) is 10.6 Å². The van der Waals surface area contributed by atoms with Gasteiger partial charge in [0.15, 0.2) is 0 Å². The van der Waals surface area contributed by atoms with E-state index in [0.717, 1.165) is 16.3 Å². The largest absolute Gasteiger partial charge is 0.378 e. The average molecular weight is 237 g/mol. The highest BCUT2D eigenvalue weighted by atomic mass is 32.1. The van der Waals surface area contributed by atoms with Crippen LogP contribution in [0.5, 0.6) is 0 Å². The van der Waals surface area contributed by atoms with Crippen molar-refractivity contribution in [3.63, 3.8) is 0 Å². The van der Waals surface area contributed by atoms with Crippen molar-refractivity contribution in [3.05, 3.63) is 40.7 Å². The number of halogens is 1. The van der Waals surface area contributed by atoms with Gasteiger partial charge in [-0.3, -0.25) is 0 Å². The van der Waals surface area contributed by atoms with Crippen LogP contribution in [0, 0.1) is 12.7 Å².